The van der Waals surface area contributed by atoms with Gasteiger partial charge in [-0.15, -0.1) is 0 Å². The molecule has 0 fully saturated rings. The topological polar surface area (TPSA) is 72.3 Å². The Hall–Kier alpha value is -2.86. The number of aryl methyl sites for hydroxylation is 1. The molecule has 2 heterocycles. The molecule has 0 amide bonds. The van der Waals surface area contributed by atoms with Gasteiger partial charge in [-0.1, -0.05) is 58.6 Å². The van der Waals surface area contributed by atoms with Crippen LogP contribution in [-0.2, 0) is 6.42 Å². The molecule has 33 heavy (non-hydrogen) atoms. The van der Waals surface area contributed by atoms with E-state index in [2.05, 4.69) is 9.97 Å². The molecule has 1 atom stereocenters. The summed E-state index contributed by atoms with van der Waals surface area (Å²) in [5.41, 5.74) is 3.91. The average Bonchev–Trinajstić information content (AvgIpc) is 2.78. The van der Waals surface area contributed by atoms with Gasteiger partial charge in [-0.2, -0.15) is 0 Å². The van der Waals surface area contributed by atoms with Gasteiger partial charge in [0.05, 0.1) is 22.7 Å². The van der Waals surface area contributed by atoms with Crippen molar-refractivity contribution in [3.8, 4) is 5.75 Å². The smallest absolute Gasteiger partial charge is 0.335 e. The molecule has 0 saturated carbocycles. The number of carboxylic acid groups (broad SMARTS) is 1. The van der Waals surface area contributed by atoms with Gasteiger partial charge in [-0.05, 0) is 54.3 Å². The first-order valence-electron chi connectivity index (χ1n) is 10.0. The summed E-state index contributed by atoms with van der Waals surface area (Å²) in [6, 6.07) is 12.6. The molecule has 5 nitrogen and oxygen atoms in total. The van der Waals surface area contributed by atoms with Crippen LogP contribution in [0.1, 0.15) is 38.5 Å². The number of carboxylic acids is 1. The molecule has 4 rings (SSSR count). The predicted octanol–water partition coefficient (Wildman–Crippen LogP) is 6.98. The van der Waals surface area contributed by atoms with E-state index in [1.807, 2.05) is 25.1 Å². The first kappa shape index (κ1) is 23.3. The molecule has 0 bridgehead atoms. The number of hydrogen-bond acceptors (Lipinski definition) is 4. The number of rotatable bonds is 6. The van der Waals surface area contributed by atoms with Gasteiger partial charge in [-0.3, -0.25) is 4.98 Å². The zero-order valence-corrected chi connectivity index (χ0v) is 20.0. The Morgan fingerprint density at radius 1 is 1.03 bits per heavy atom. The molecule has 2 aromatic heterocycles. The Balaban J connectivity index is 2.03. The Morgan fingerprint density at radius 3 is 2.42 bits per heavy atom. The van der Waals surface area contributed by atoms with Crippen LogP contribution in [0.3, 0.4) is 0 Å². The number of carbonyl (C=O) groups is 1. The van der Waals surface area contributed by atoms with Gasteiger partial charge in [0.2, 0.25) is 0 Å². The number of fused-ring (bicyclic) bond motifs is 1. The summed E-state index contributed by atoms with van der Waals surface area (Å²) in [5.74, 6) is -0.844. The van der Waals surface area contributed by atoms with E-state index in [0.29, 0.717) is 44.0 Å². The van der Waals surface area contributed by atoms with Gasteiger partial charge in [0.1, 0.15) is 16.4 Å². The molecule has 8 heteroatoms. The van der Waals surface area contributed by atoms with E-state index < -0.39 is 11.9 Å². The van der Waals surface area contributed by atoms with Gasteiger partial charge in [0.15, 0.2) is 0 Å². The highest BCUT2D eigenvalue weighted by atomic mass is 35.5. The third-order valence-electron chi connectivity index (χ3n) is 5.59. The number of methoxy groups -OCH3 is 1. The normalized spacial score (nSPS) is 12.0. The number of hydrogen-bond donors (Lipinski definition) is 1. The maximum Gasteiger partial charge on any atom is 0.335 e. The van der Waals surface area contributed by atoms with Crippen LogP contribution in [0, 0.1) is 6.92 Å². The van der Waals surface area contributed by atoms with Crippen LogP contribution in [0.4, 0.5) is 0 Å². The van der Waals surface area contributed by atoms with Crippen LogP contribution >= 0.6 is 34.8 Å². The number of aromatic nitrogens is 2. The zero-order chi connectivity index (χ0) is 23.7. The summed E-state index contributed by atoms with van der Waals surface area (Å²) in [4.78, 5) is 20.7. The van der Waals surface area contributed by atoms with E-state index in [-0.39, 0.29) is 5.56 Å². The number of ether oxygens (including phenoxy) is 1. The minimum absolute atomic E-state index is 0.206. The molecule has 0 spiro atoms. The monoisotopic (exact) mass is 500 g/mol. The van der Waals surface area contributed by atoms with E-state index >= 15 is 0 Å². The molecule has 0 saturated heterocycles. The Bertz CT molecular complexity index is 1350. The van der Waals surface area contributed by atoms with E-state index in [1.165, 1.54) is 12.4 Å². The maximum absolute atomic E-state index is 12.2. The highest BCUT2D eigenvalue weighted by Crippen LogP contribution is 2.40. The largest absolute Gasteiger partial charge is 0.494 e. The molecule has 0 aliphatic carbocycles. The van der Waals surface area contributed by atoms with Crippen molar-refractivity contribution in [1.29, 1.82) is 0 Å². The SMILES string of the molecule is COc1ccc(C(Cc2c(Cl)cncc2Cl)c2cc(C)ccc2C(=O)O)c2ccc(Cl)nc12. The van der Waals surface area contributed by atoms with Crippen molar-refractivity contribution in [3.63, 3.8) is 0 Å². The fourth-order valence-electron chi connectivity index (χ4n) is 4.05. The predicted molar refractivity (Wildman–Crippen MR) is 131 cm³/mol. The molecule has 2 aromatic carbocycles. The van der Waals surface area contributed by atoms with Gasteiger partial charge < -0.3 is 9.84 Å². The third-order valence-corrected chi connectivity index (χ3v) is 6.45. The van der Waals surface area contributed by atoms with Gasteiger partial charge in [0.25, 0.3) is 0 Å². The molecule has 0 aliphatic heterocycles. The lowest BCUT2D eigenvalue weighted by atomic mass is 9.81. The second-order valence-electron chi connectivity index (χ2n) is 7.62. The molecule has 1 unspecified atom stereocenters. The van der Waals surface area contributed by atoms with Gasteiger partial charge >= 0.3 is 5.97 Å². The summed E-state index contributed by atoms with van der Waals surface area (Å²) < 4.78 is 5.49. The van der Waals surface area contributed by atoms with E-state index in [9.17, 15) is 9.90 Å². The van der Waals surface area contributed by atoms with Gasteiger partial charge in [0, 0.05) is 23.7 Å². The summed E-state index contributed by atoms with van der Waals surface area (Å²) in [7, 11) is 1.56. The highest BCUT2D eigenvalue weighted by Gasteiger charge is 2.26. The molecule has 0 aliphatic rings. The lowest BCUT2D eigenvalue weighted by molar-refractivity contribution is 0.0695. The highest BCUT2D eigenvalue weighted by molar-refractivity contribution is 6.35. The van der Waals surface area contributed by atoms with E-state index in [0.717, 1.165) is 16.5 Å². The molecule has 4 aromatic rings. The Morgan fingerprint density at radius 2 is 1.76 bits per heavy atom. The number of pyridine rings is 2. The minimum atomic E-state index is -1.01. The minimum Gasteiger partial charge on any atom is -0.494 e. The van der Waals surface area contributed by atoms with Crippen LogP contribution in [0.5, 0.6) is 5.75 Å². The molecule has 0 radical (unpaired) electrons. The van der Waals surface area contributed by atoms with Crippen molar-refractivity contribution < 1.29 is 14.6 Å². The van der Waals surface area contributed by atoms with Crippen molar-refractivity contribution >= 4 is 51.7 Å². The van der Waals surface area contributed by atoms with Crippen LogP contribution in [0.25, 0.3) is 10.9 Å². The lowest BCUT2D eigenvalue weighted by Crippen LogP contribution is -2.13. The summed E-state index contributed by atoms with van der Waals surface area (Å²) in [6.07, 6.45) is 3.41. The number of nitrogens with zero attached hydrogens (tertiary/aromatic N) is 2. The van der Waals surface area contributed by atoms with Crippen LogP contribution < -0.4 is 4.74 Å². The van der Waals surface area contributed by atoms with Crippen molar-refractivity contribution in [2.45, 2.75) is 19.3 Å². The second kappa shape index (κ2) is 9.56. The fourth-order valence-corrected chi connectivity index (χ4v) is 4.72. The number of halogens is 3. The Kier molecular flexibility index (Phi) is 6.75. The van der Waals surface area contributed by atoms with Crippen molar-refractivity contribution in [1.82, 2.24) is 9.97 Å². The molecular formula is C25H19Cl3N2O3. The number of aromatic carboxylic acids is 1. The third kappa shape index (κ3) is 4.62. The van der Waals surface area contributed by atoms with Crippen LogP contribution in [-0.4, -0.2) is 28.2 Å². The second-order valence-corrected chi connectivity index (χ2v) is 8.82. The van der Waals surface area contributed by atoms with E-state index in [1.54, 1.807) is 31.4 Å². The summed E-state index contributed by atoms with van der Waals surface area (Å²) >= 11 is 19.1. The van der Waals surface area contributed by atoms with E-state index in [4.69, 9.17) is 39.5 Å². The Labute approximate surface area is 205 Å². The van der Waals surface area contributed by atoms with Crippen molar-refractivity contribution in [2.24, 2.45) is 0 Å². The summed E-state index contributed by atoms with van der Waals surface area (Å²) in [6.45, 7) is 1.92. The molecular weight excluding hydrogens is 483 g/mol. The van der Waals surface area contributed by atoms with Crippen LogP contribution in [0.2, 0.25) is 15.2 Å². The lowest BCUT2D eigenvalue weighted by Gasteiger charge is -2.24. The van der Waals surface area contributed by atoms with Crippen LogP contribution in [0.15, 0.2) is 54.9 Å². The quantitative estimate of drug-likeness (QED) is 0.289. The molecule has 1 N–H and O–H groups in total. The standard InChI is InChI=1S/C25H19Cl3N2O3/c1-13-3-4-16(25(31)32)17(9-13)18(10-19-20(26)11-29-12-21(19)27)14-5-7-22(33-2)24-15(14)6-8-23(28)30-24/h3-9,11-12,18H,10H2,1-2H3,(H,31,32). The van der Waals surface area contributed by atoms with Crippen molar-refractivity contribution in [2.75, 3.05) is 7.11 Å². The first-order chi connectivity index (χ1) is 15.8. The van der Waals surface area contributed by atoms with Crippen molar-refractivity contribution in [3.05, 3.63) is 97.9 Å². The maximum atomic E-state index is 12.2. The first-order valence-corrected chi connectivity index (χ1v) is 11.2. The zero-order valence-electron chi connectivity index (χ0n) is 17.8. The molecule has 168 valence electrons. The fraction of sp³-hybridized carbons (Fsp3) is 0.160. The average molecular weight is 502 g/mol. The number of benzene rings is 2. The van der Waals surface area contributed by atoms with Gasteiger partial charge in [-0.25, -0.2) is 9.78 Å². The summed E-state index contributed by atoms with van der Waals surface area (Å²) in [5, 5.41) is 11.9.